The summed E-state index contributed by atoms with van der Waals surface area (Å²) in [5.41, 5.74) is 1.71. The number of fused-ring (bicyclic) bond motifs is 1. The number of amides is 1. The molecule has 1 aromatic carbocycles. The molecule has 3 rings (SSSR count). The van der Waals surface area contributed by atoms with Gasteiger partial charge in [0.1, 0.15) is 5.69 Å². The first kappa shape index (κ1) is 13.7. The number of nitrogens with zero attached hydrogens (tertiary/aromatic N) is 3. The normalized spacial score (nSPS) is 14.0. The first-order valence-corrected chi connectivity index (χ1v) is 7.75. The summed E-state index contributed by atoms with van der Waals surface area (Å²) in [7, 11) is -3.74. The van der Waals surface area contributed by atoms with Crippen molar-refractivity contribution in [1.82, 2.24) is 9.97 Å². The number of primary sulfonamides is 1. The van der Waals surface area contributed by atoms with Crippen LogP contribution in [-0.2, 0) is 16.4 Å². The van der Waals surface area contributed by atoms with Crippen LogP contribution in [-0.4, -0.2) is 30.8 Å². The van der Waals surface area contributed by atoms with E-state index in [1.165, 1.54) is 30.7 Å². The SMILES string of the molecule is NS(=O)(=O)c1ccc2c(c1)CCN2C(=O)c1cnccn1. The minimum Gasteiger partial charge on any atom is -0.306 e. The molecule has 7 nitrogen and oxygen atoms in total. The lowest BCUT2D eigenvalue weighted by Crippen LogP contribution is -2.29. The van der Waals surface area contributed by atoms with E-state index in [-0.39, 0.29) is 16.5 Å². The molecule has 2 N–H and O–H groups in total. The summed E-state index contributed by atoms with van der Waals surface area (Å²) in [6.07, 6.45) is 4.92. The molecule has 1 aliphatic rings. The Labute approximate surface area is 121 Å². The highest BCUT2D eigenvalue weighted by Gasteiger charge is 2.27. The van der Waals surface area contributed by atoms with E-state index in [9.17, 15) is 13.2 Å². The third-order valence-corrected chi connectivity index (χ3v) is 4.21. The predicted octanol–water partition coefficient (Wildman–Crippen LogP) is 0.327. The zero-order valence-corrected chi connectivity index (χ0v) is 11.7. The van der Waals surface area contributed by atoms with Gasteiger partial charge in [-0.2, -0.15) is 0 Å². The number of carbonyl (C=O) groups is 1. The fourth-order valence-corrected chi connectivity index (χ4v) is 2.88. The largest absolute Gasteiger partial charge is 0.306 e. The van der Waals surface area contributed by atoms with Crippen molar-refractivity contribution in [2.75, 3.05) is 11.4 Å². The van der Waals surface area contributed by atoms with E-state index in [2.05, 4.69) is 9.97 Å². The van der Waals surface area contributed by atoms with Crippen LogP contribution < -0.4 is 10.0 Å². The molecule has 2 aromatic rings. The number of hydrogen-bond acceptors (Lipinski definition) is 5. The Morgan fingerprint density at radius 2 is 2.10 bits per heavy atom. The molecule has 0 saturated heterocycles. The number of nitrogens with two attached hydrogens (primary N) is 1. The molecule has 1 aromatic heterocycles. The van der Waals surface area contributed by atoms with Crippen molar-refractivity contribution >= 4 is 21.6 Å². The van der Waals surface area contributed by atoms with Gasteiger partial charge in [-0.25, -0.2) is 18.5 Å². The van der Waals surface area contributed by atoms with Gasteiger partial charge >= 0.3 is 0 Å². The van der Waals surface area contributed by atoms with Crippen LogP contribution in [0.2, 0.25) is 0 Å². The minimum absolute atomic E-state index is 0.0510. The van der Waals surface area contributed by atoms with Crippen LogP contribution in [0.1, 0.15) is 16.1 Å². The predicted molar refractivity (Wildman–Crippen MR) is 75.2 cm³/mol. The molecule has 1 aliphatic heterocycles. The number of carbonyl (C=O) groups excluding carboxylic acids is 1. The smallest absolute Gasteiger partial charge is 0.278 e. The Kier molecular flexibility index (Phi) is 3.19. The van der Waals surface area contributed by atoms with E-state index < -0.39 is 10.0 Å². The molecule has 0 saturated carbocycles. The Morgan fingerprint density at radius 1 is 1.29 bits per heavy atom. The Hall–Kier alpha value is -2.32. The zero-order valence-electron chi connectivity index (χ0n) is 10.9. The first-order valence-electron chi connectivity index (χ1n) is 6.20. The van der Waals surface area contributed by atoms with Gasteiger partial charge in [0, 0.05) is 24.6 Å². The Balaban J connectivity index is 1.97. The van der Waals surface area contributed by atoms with Gasteiger partial charge in [-0.3, -0.25) is 9.78 Å². The number of hydrogen-bond donors (Lipinski definition) is 1. The molecule has 0 aliphatic carbocycles. The highest BCUT2D eigenvalue weighted by molar-refractivity contribution is 7.89. The third-order valence-electron chi connectivity index (χ3n) is 3.30. The van der Waals surface area contributed by atoms with Crippen molar-refractivity contribution in [3.8, 4) is 0 Å². The minimum atomic E-state index is -3.74. The lowest BCUT2D eigenvalue weighted by Gasteiger charge is -2.16. The molecule has 8 heteroatoms. The topological polar surface area (TPSA) is 106 Å². The van der Waals surface area contributed by atoms with Crippen molar-refractivity contribution in [2.45, 2.75) is 11.3 Å². The Bertz CT molecular complexity index is 805. The summed E-state index contributed by atoms with van der Waals surface area (Å²) < 4.78 is 22.7. The quantitative estimate of drug-likeness (QED) is 0.860. The molecule has 0 unspecified atom stereocenters. The maximum absolute atomic E-state index is 12.4. The van der Waals surface area contributed by atoms with Crippen LogP contribution in [0.3, 0.4) is 0 Å². The van der Waals surface area contributed by atoms with Gasteiger partial charge < -0.3 is 4.90 Å². The lowest BCUT2D eigenvalue weighted by molar-refractivity contribution is 0.0984. The van der Waals surface area contributed by atoms with Crippen LogP contribution in [0.5, 0.6) is 0 Å². The summed E-state index contributed by atoms with van der Waals surface area (Å²) in [4.78, 5) is 21.8. The second-order valence-electron chi connectivity index (χ2n) is 4.63. The standard InChI is InChI=1S/C13H12N4O3S/c14-21(19,20)10-1-2-12-9(7-10)3-6-17(12)13(18)11-8-15-4-5-16-11/h1-2,4-5,7-8H,3,6H2,(H2,14,19,20). The second kappa shape index (κ2) is 4.90. The number of aromatic nitrogens is 2. The average Bonchev–Trinajstić information content (AvgIpc) is 2.89. The summed E-state index contributed by atoms with van der Waals surface area (Å²) in [6, 6.07) is 4.50. The van der Waals surface area contributed by atoms with Crippen LogP contribution in [0.25, 0.3) is 0 Å². The van der Waals surface area contributed by atoms with E-state index in [0.29, 0.717) is 18.7 Å². The van der Waals surface area contributed by atoms with Crippen molar-refractivity contribution in [2.24, 2.45) is 5.14 Å². The molecular formula is C13H12N4O3S. The van der Waals surface area contributed by atoms with Crippen molar-refractivity contribution in [3.63, 3.8) is 0 Å². The third kappa shape index (κ3) is 2.50. The molecule has 1 amide bonds. The van der Waals surface area contributed by atoms with Crippen molar-refractivity contribution < 1.29 is 13.2 Å². The summed E-state index contributed by atoms with van der Waals surface area (Å²) in [6.45, 7) is 0.471. The molecule has 0 spiro atoms. The monoisotopic (exact) mass is 304 g/mol. The van der Waals surface area contributed by atoms with Gasteiger partial charge in [0.15, 0.2) is 0 Å². The highest BCUT2D eigenvalue weighted by Crippen LogP contribution is 2.30. The first-order chi connectivity index (χ1) is 9.97. The fraction of sp³-hybridized carbons (Fsp3) is 0.154. The van der Waals surface area contributed by atoms with Gasteiger partial charge in [0.05, 0.1) is 11.1 Å². The van der Waals surface area contributed by atoms with Crippen molar-refractivity contribution in [1.29, 1.82) is 0 Å². The number of sulfonamides is 1. The molecule has 108 valence electrons. The molecule has 0 radical (unpaired) electrons. The van der Waals surface area contributed by atoms with Gasteiger partial charge in [-0.1, -0.05) is 0 Å². The van der Waals surface area contributed by atoms with E-state index in [1.807, 2.05) is 0 Å². The highest BCUT2D eigenvalue weighted by atomic mass is 32.2. The average molecular weight is 304 g/mol. The second-order valence-corrected chi connectivity index (χ2v) is 6.19. The van der Waals surface area contributed by atoms with E-state index in [1.54, 1.807) is 11.0 Å². The van der Waals surface area contributed by atoms with E-state index in [0.717, 1.165) is 5.56 Å². The number of rotatable bonds is 2. The molecule has 0 fully saturated rings. The van der Waals surface area contributed by atoms with Crippen LogP contribution >= 0.6 is 0 Å². The number of benzene rings is 1. The molecular weight excluding hydrogens is 292 g/mol. The summed E-state index contributed by atoms with van der Waals surface area (Å²) in [5.74, 6) is -0.259. The van der Waals surface area contributed by atoms with E-state index in [4.69, 9.17) is 5.14 Å². The van der Waals surface area contributed by atoms with E-state index >= 15 is 0 Å². The fourth-order valence-electron chi connectivity index (χ4n) is 2.31. The van der Waals surface area contributed by atoms with Crippen molar-refractivity contribution in [3.05, 3.63) is 48.0 Å². The van der Waals surface area contributed by atoms with Crippen LogP contribution in [0, 0.1) is 0 Å². The summed E-state index contributed by atoms with van der Waals surface area (Å²) >= 11 is 0. The maximum Gasteiger partial charge on any atom is 0.278 e. The van der Waals surface area contributed by atoms with Crippen LogP contribution in [0.4, 0.5) is 5.69 Å². The zero-order chi connectivity index (χ0) is 15.0. The van der Waals surface area contributed by atoms with Gasteiger partial charge in [-0.15, -0.1) is 0 Å². The van der Waals surface area contributed by atoms with Gasteiger partial charge in [0.2, 0.25) is 10.0 Å². The lowest BCUT2D eigenvalue weighted by atomic mass is 10.2. The number of anilines is 1. The summed E-state index contributed by atoms with van der Waals surface area (Å²) in [5, 5.41) is 5.11. The van der Waals surface area contributed by atoms with Gasteiger partial charge in [-0.05, 0) is 30.2 Å². The molecule has 0 bridgehead atoms. The van der Waals surface area contributed by atoms with Crippen LogP contribution in [0.15, 0.2) is 41.7 Å². The maximum atomic E-state index is 12.4. The molecule has 21 heavy (non-hydrogen) atoms. The molecule has 2 heterocycles. The molecule has 0 atom stereocenters. The Morgan fingerprint density at radius 3 is 2.76 bits per heavy atom. The van der Waals surface area contributed by atoms with Gasteiger partial charge in [0.25, 0.3) is 5.91 Å².